The van der Waals surface area contributed by atoms with Crippen LogP contribution in [-0.4, -0.2) is 30.8 Å². The Balaban J connectivity index is 2.83. The molecule has 0 aliphatic rings. The van der Waals surface area contributed by atoms with E-state index in [1.54, 1.807) is 11.8 Å². The minimum absolute atomic E-state index is 0.430. The van der Waals surface area contributed by atoms with Crippen LogP contribution in [0.4, 0.5) is 0 Å². The first kappa shape index (κ1) is 13.1. The molecule has 3 heteroatoms. The van der Waals surface area contributed by atoms with Crippen molar-refractivity contribution in [1.29, 1.82) is 5.26 Å². The highest BCUT2D eigenvalue weighted by molar-refractivity contribution is 7.98. The van der Waals surface area contributed by atoms with E-state index >= 15 is 0 Å². The van der Waals surface area contributed by atoms with Gasteiger partial charge < -0.3 is 0 Å². The van der Waals surface area contributed by atoms with E-state index in [2.05, 4.69) is 36.6 Å². The molecule has 1 rings (SSSR count). The standard InChI is InChI=1S/C13H18N2S/c1-13(10-14,15(2)3)9-11-5-7-12(16-4)8-6-11/h5-8H,9H2,1-4H3. The third-order valence-corrected chi connectivity index (χ3v) is 3.68. The lowest BCUT2D eigenvalue weighted by molar-refractivity contribution is 0.237. The highest BCUT2D eigenvalue weighted by Gasteiger charge is 2.26. The third kappa shape index (κ3) is 3.01. The summed E-state index contributed by atoms with van der Waals surface area (Å²) >= 11 is 1.73. The van der Waals surface area contributed by atoms with Crippen LogP contribution in [0.3, 0.4) is 0 Å². The van der Waals surface area contributed by atoms with Gasteiger partial charge in [0.25, 0.3) is 0 Å². The summed E-state index contributed by atoms with van der Waals surface area (Å²) in [4.78, 5) is 3.22. The molecule has 1 atom stereocenters. The van der Waals surface area contributed by atoms with E-state index in [1.165, 1.54) is 10.5 Å². The van der Waals surface area contributed by atoms with Gasteiger partial charge in [-0.1, -0.05) is 12.1 Å². The van der Waals surface area contributed by atoms with Gasteiger partial charge in [-0.25, -0.2) is 0 Å². The summed E-state index contributed by atoms with van der Waals surface area (Å²) < 4.78 is 0. The first-order valence-electron chi connectivity index (χ1n) is 5.23. The van der Waals surface area contributed by atoms with Crippen molar-refractivity contribution in [3.05, 3.63) is 29.8 Å². The molecule has 1 aromatic rings. The van der Waals surface area contributed by atoms with Crippen LogP contribution in [0.25, 0.3) is 0 Å². The predicted molar refractivity (Wildman–Crippen MR) is 69.6 cm³/mol. The van der Waals surface area contributed by atoms with E-state index in [-0.39, 0.29) is 0 Å². The Morgan fingerprint density at radius 2 is 1.88 bits per heavy atom. The van der Waals surface area contributed by atoms with Crippen molar-refractivity contribution in [2.75, 3.05) is 20.4 Å². The zero-order valence-corrected chi connectivity index (χ0v) is 11.1. The van der Waals surface area contributed by atoms with E-state index in [4.69, 9.17) is 0 Å². The number of nitriles is 1. The van der Waals surface area contributed by atoms with Crippen LogP contribution in [0.15, 0.2) is 29.2 Å². The van der Waals surface area contributed by atoms with Gasteiger partial charge in [-0.3, -0.25) is 4.90 Å². The Labute approximate surface area is 102 Å². The van der Waals surface area contributed by atoms with Gasteiger partial charge in [0, 0.05) is 11.3 Å². The number of nitrogens with zero attached hydrogens (tertiary/aromatic N) is 2. The lowest BCUT2D eigenvalue weighted by atomic mass is 9.93. The van der Waals surface area contributed by atoms with E-state index in [9.17, 15) is 5.26 Å². The van der Waals surface area contributed by atoms with Crippen LogP contribution in [0, 0.1) is 11.3 Å². The Kier molecular flexibility index (Phi) is 4.40. The fourth-order valence-corrected chi connectivity index (χ4v) is 1.85. The molecule has 0 fully saturated rings. The van der Waals surface area contributed by atoms with E-state index < -0.39 is 5.54 Å². The first-order valence-corrected chi connectivity index (χ1v) is 6.46. The maximum Gasteiger partial charge on any atom is 0.109 e. The number of hydrogen-bond acceptors (Lipinski definition) is 3. The number of thioether (sulfide) groups is 1. The van der Waals surface area contributed by atoms with Crippen LogP contribution in [0.5, 0.6) is 0 Å². The van der Waals surface area contributed by atoms with E-state index in [1.807, 2.05) is 25.9 Å². The third-order valence-electron chi connectivity index (χ3n) is 2.94. The van der Waals surface area contributed by atoms with Crippen molar-refractivity contribution < 1.29 is 0 Å². The molecular weight excluding hydrogens is 216 g/mol. The molecule has 1 aromatic carbocycles. The van der Waals surface area contributed by atoms with Crippen molar-refractivity contribution in [2.24, 2.45) is 0 Å². The highest BCUT2D eigenvalue weighted by Crippen LogP contribution is 2.20. The molecule has 0 spiro atoms. The van der Waals surface area contributed by atoms with Crippen molar-refractivity contribution >= 4 is 11.8 Å². The molecular formula is C13H18N2S. The zero-order valence-electron chi connectivity index (χ0n) is 10.3. The molecule has 0 bridgehead atoms. The molecule has 0 aliphatic carbocycles. The largest absolute Gasteiger partial charge is 0.292 e. The molecule has 16 heavy (non-hydrogen) atoms. The lowest BCUT2D eigenvalue weighted by Crippen LogP contribution is -2.41. The number of likely N-dealkylation sites (N-methyl/N-ethyl adjacent to an activating group) is 1. The summed E-state index contributed by atoms with van der Waals surface area (Å²) in [7, 11) is 3.89. The van der Waals surface area contributed by atoms with Gasteiger partial charge in [0.2, 0.25) is 0 Å². The predicted octanol–water partition coefficient (Wildman–Crippen LogP) is 2.79. The van der Waals surface area contributed by atoms with Gasteiger partial charge in [0.05, 0.1) is 6.07 Å². The Morgan fingerprint density at radius 1 is 1.31 bits per heavy atom. The normalized spacial score (nSPS) is 14.5. The average Bonchev–Trinajstić information content (AvgIpc) is 2.29. The second-order valence-electron chi connectivity index (χ2n) is 4.30. The minimum atomic E-state index is -0.430. The molecule has 0 aliphatic heterocycles. The molecule has 1 unspecified atom stereocenters. The number of benzene rings is 1. The van der Waals surface area contributed by atoms with Crippen LogP contribution in [0.2, 0.25) is 0 Å². The fraction of sp³-hybridized carbons (Fsp3) is 0.462. The van der Waals surface area contributed by atoms with E-state index in [0.717, 1.165) is 6.42 Å². The highest BCUT2D eigenvalue weighted by atomic mass is 32.2. The summed E-state index contributed by atoms with van der Waals surface area (Å²) in [6, 6.07) is 10.8. The second kappa shape index (κ2) is 5.38. The van der Waals surface area contributed by atoms with Crippen LogP contribution in [0.1, 0.15) is 12.5 Å². The van der Waals surface area contributed by atoms with Crippen molar-refractivity contribution in [1.82, 2.24) is 4.90 Å². The van der Waals surface area contributed by atoms with Crippen molar-refractivity contribution in [3.8, 4) is 6.07 Å². The van der Waals surface area contributed by atoms with Gasteiger partial charge >= 0.3 is 0 Å². The minimum Gasteiger partial charge on any atom is -0.292 e. The molecule has 0 amide bonds. The average molecular weight is 234 g/mol. The molecule has 86 valence electrons. The molecule has 2 nitrogen and oxygen atoms in total. The van der Waals surface area contributed by atoms with Gasteiger partial charge in [0.1, 0.15) is 5.54 Å². The monoisotopic (exact) mass is 234 g/mol. The van der Waals surface area contributed by atoms with Crippen LogP contribution in [-0.2, 0) is 6.42 Å². The SMILES string of the molecule is CSc1ccc(CC(C)(C#N)N(C)C)cc1. The fourth-order valence-electron chi connectivity index (χ4n) is 1.44. The Hall–Kier alpha value is -0.980. The van der Waals surface area contributed by atoms with Crippen molar-refractivity contribution in [2.45, 2.75) is 23.8 Å². The summed E-state index contributed by atoms with van der Waals surface area (Å²) in [6.07, 6.45) is 2.82. The summed E-state index contributed by atoms with van der Waals surface area (Å²) in [5, 5.41) is 9.22. The van der Waals surface area contributed by atoms with Gasteiger partial charge in [-0.15, -0.1) is 11.8 Å². The number of hydrogen-bond donors (Lipinski definition) is 0. The van der Waals surface area contributed by atoms with E-state index in [0.29, 0.717) is 0 Å². The number of rotatable bonds is 4. The van der Waals surface area contributed by atoms with Crippen molar-refractivity contribution in [3.63, 3.8) is 0 Å². The maximum atomic E-state index is 9.22. The zero-order chi connectivity index (χ0) is 12.2. The molecule has 0 N–H and O–H groups in total. The second-order valence-corrected chi connectivity index (χ2v) is 5.18. The molecule has 0 heterocycles. The molecule has 0 radical (unpaired) electrons. The van der Waals surface area contributed by atoms with Gasteiger partial charge in [0.15, 0.2) is 0 Å². The maximum absolute atomic E-state index is 9.22. The van der Waals surface area contributed by atoms with Gasteiger partial charge in [-0.05, 0) is 45.0 Å². The smallest absolute Gasteiger partial charge is 0.109 e. The molecule has 0 saturated carbocycles. The first-order chi connectivity index (χ1) is 7.51. The summed E-state index contributed by atoms with van der Waals surface area (Å²) in [5.74, 6) is 0. The van der Waals surface area contributed by atoms with Crippen LogP contribution < -0.4 is 0 Å². The topological polar surface area (TPSA) is 27.0 Å². The Bertz CT molecular complexity index is 378. The summed E-state index contributed by atoms with van der Waals surface area (Å²) in [5.41, 5.74) is 0.775. The molecule has 0 aromatic heterocycles. The quantitative estimate of drug-likeness (QED) is 0.750. The lowest BCUT2D eigenvalue weighted by Gasteiger charge is -2.29. The Morgan fingerprint density at radius 3 is 2.25 bits per heavy atom. The molecule has 0 saturated heterocycles. The van der Waals surface area contributed by atoms with Crippen LogP contribution >= 0.6 is 11.8 Å². The van der Waals surface area contributed by atoms with Gasteiger partial charge in [-0.2, -0.15) is 5.26 Å². The summed E-state index contributed by atoms with van der Waals surface area (Å²) in [6.45, 7) is 1.97.